The number of rotatable bonds is 3. The van der Waals surface area contributed by atoms with E-state index in [-0.39, 0.29) is 0 Å². The lowest BCUT2D eigenvalue weighted by Gasteiger charge is -2.16. The van der Waals surface area contributed by atoms with Gasteiger partial charge in [-0.1, -0.05) is 0 Å². The Morgan fingerprint density at radius 1 is 1.67 bits per heavy atom. The molecule has 0 saturated heterocycles. The van der Waals surface area contributed by atoms with Gasteiger partial charge >= 0.3 is 11.9 Å². The summed E-state index contributed by atoms with van der Waals surface area (Å²) in [4.78, 5) is 21.5. The predicted molar refractivity (Wildman–Crippen MR) is 44.4 cm³/mol. The highest BCUT2D eigenvalue weighted by atomic mass is 16.6. The van der Waals surface area contributed by atoms with Crippen molar-refractivity contribution in [2.24, 2.45) is 0 Å². The van der Waals surface area contributed by atoms with Crippen LogP contribution in [0.4, 0.5) is 0 Å². The standard InChI is InChI=1S/C8H10O7/c1-3(10)14-7-5(12)8(13)15-6(7)4(11)2-9/h4,6,9,11-12H,2H2,1H3/t4-,6-/m0/s1. The van der Waals surface area contributed by atoms with Gasteiger partial charge in [0.05, 0.1) is 6.61 Å². The molecule has 3 N–H and O–H groups in total. The number of esters is 2. The van der Waals surface area contributed by atoms with E-state index in [4.69, 9.17) is 10.2 Å². The van der Waals surface area contributed by atoms with Crippen LogP contribution in [0.1, 0.15) is 6.92 Å². The van der Waals surface area contributed by atoms with E-state index in [2.05, 4.69) is 9.47 Å². The normalized spacial score (nSPS) is 22.6. The SMILES string of the molecule is CC(=O)OC1=C(O)C(=O)O[C@H]1[C@@H](O)CO. The van der Waals surface area contributed by atoms with Gasteiger partial charge in [-0.2, -0.15) is 0 Å². The number of ether oxygens (including phenoxy) is 2. The van der Waals surface area contributed by atoms with E-state index in [9.17, 15) is 14.7 Å². The highest BCUT2D eigenvalue weighted by Crippen LogP contribution is 2.24. The van der Waals surface area contributed by atoms with Gasteiger partial charge in [0.1, 0.15) is 6.10 Å². The van der Waals surface area contributed by atoms with Gasteiger partial charge < -0.3 is 24.8 Å². The summed E-state index contributed by atoms with van der Waals surface area (Å²) in [5, 5.41) is 27.0. The van der Waals surface area contributed by atoms with E-state index < -0.39 is 42.3 Å². The molecule has 0 amide bonds. The smallest absolute Gasteiger partial charge is 0.378 e. The monoisotopic (exact) mass is 218 g/mol. The van der Waals surface area contributed by atoms with Crippen LogP contribution in [0.25, 0.3) is 0 Å². The third-order valence-electron chi connectivity index (χ3n) is 1.71. The van der Waals surface area contributed by atoms with Crippen molar-refractivity contribution in [1.82, 2.24) is 0 Å². The van der Waals surface area contributed by atoms with Crippen molar-refractivity contribution in [2.45, 2.75) is 19.1 Å². The molecule has 0 aromatic heterocycles. The molecule has 0 fully saturated rings. The summed E-state index contributed by atoms with van der Waals surface area (Å²) >= 11 is 0. The van der Waals surface area contributed by atoms with Crippen LogP contribution in [0.3, 0.4) is 0 Å². The Balaban J connectivity index is 2.92. The molecule has 2 atom stereocenters. The van der Waals surface area contributed by atoms with E-state index in [1.54, 1.807) is 0 Å². The van der Waals surface area contributed by atoms with E-state index in [0.29, 0.717) is 0 Å². The second-order valence-electron chi connectivity index (χ2n) is 2.88. The van der Waals surface area contributed by atoms with Gasteiger partial charge in [-0.3, -0.25) is 4.79 Å². The average Bonchev–Trinajstić information content (AvgIpc) is 2.44. The number of carbonyl (C=O) groups is 2. The summed E-state index contributed by atoms with van der Waals surface area (Å²) in [7, 11) is 0. The first kappa shape index (κ1) is 11.5. The third kappa shape index (κ3) is 2.25. The summed E-state index contributed by atoms with van der Waals surface area (Å²) in [6, 6.07) is 0. The molecular weight excluding hydrogens is 208 g/mol. The van der Waals surface area contributed by atoms with Crippen molar-refractivity contribution in [3.8, 4) is 0 Å². The van der Waals surface area contributed by atoms with Crippen molar-refractivity contribution in [3.05, 3.63) is 11.5 Å². The topological polar surface area (TPSA) is 113 Å². The first-order valence-corrected chi connectivity index (χ1v) is 4.08. The molecule has 1 rings (SSSR count). The maximum absolute atomic E-state index is 10.9. The third-order valence-corrected chi connectivity index (χ3v) is 1.71. The van der Waals surface area contributed by atoms with Crippen LogP contribution in [-0.2, 0) is 19.1 Å². The fourth-order valence-electron chi connectivity index (χ4n) is 1.07. The lowest BCUT2D eigenvalue weighted by Crippen LogP contribution is -2.32. The van der Waals surface area contributed by atoms with Crippen molar-refractivity contribution >= 4 is 11.9 Å². The molecule has 7 heteroatoms. The number of hydrogen-bond donors (Lipinski definition) is 3. The minimum absolute atomic E-state index is 0.478. The van der Waals surface area contributed by atoms with Gasteiger partial charge in [-0.25, -0.2) is 4.79 Å². The predicted octanol–water partition coefficient (Wildman–Crippen LogP) is -1.40. The molecular formula is C8H10O7. The van der Waals surface area contributed by atoms with Crippen LogP contribution in [-0.4, -0.2) is 46.1 Å². The van der Waals surface area contributed by atoms with Crippen LogP contribution in [0.2, 0.25) is 0 Å². The summed E-state index contributed by atoms with van der Waals surface area (Å²) in [6.45, 7) is 0.363. The van der Waals surface area contributed by atoms with Crippen LogP contribution in [0.5, 0.6) is 0 Å². The molecule has 7 nitrogen and oxygen atoms in total. The van der Waals surface area contributed by atoms with E-state index in [1.807, 2.05) is 0 Å². The molecule has 0 spiro atoms. The molecule has 15 heavy (non-hydrogen) atoms. The summed E-state index contributed by atoms with van der Waals surface area (Å²) in [5.74, 6) is -3.23. The molecule has 0 saturated carbocycles. The lowest BCUT2D eigenvalue weighted by atomic mass is 10.2. The Hall–Kier alpha value is -1.60. The zero-order valence-electron chi connectivity index (χ0n) is 7.84. The maximum Gasteiger partial charge on any atom is 0.378 e. The molecule has 0 unspecified atom stereocenters. The molecule has 1 heterocycles. The fraction of sp³-hybridized carbons (Fsp3) is 0.500. The Morgan fingerprint density at radius 3 is 2.73 bits per heavy atom. The molecule has 0 bridgehead atoms. The Morgan fingerprint density at radius 2 is 2.27 bits per heavy atom. The lowest BCUT2D eigenvalue weighted by molar-refractivity contribution is -0.150. The number of hydrogen-bond acceptors (Lipinski definition) is 7. The van der Waals surface area contributed by atoms with Crippen LogP contribution >= 0.6 is 0 Å². The van der Waals surface area contributed by atoms with Crippen molar-refractivity contribution < 1.29 is 34.4 Å². The zero-order chi connectivity index (χ0) is 11.6. The van der Waals surface area contributed by atoms with Crippen molar-refractivity contribution in [1.29, 1.82) is 0 Å². The first-order chi connectivity index (χ1) is 6.97. The van der Waals surface area contributed by atoms with Gasteiger partial charge in [0, 0.05) is 6.92 Å². The van der Waals surface area contributed by atoms with E-state index in [0.717, 1.165) is 6.92 Å². The molecule has 0 aliphatic carbocycles. The largest absolute Gasteiger partial charge is 0.499 e. The number of cyclic esters (lactones) is 1. The summed E-state index contributed by atoms with van der Waals surface area (Å²) in [5.41, 5.74) is 0. The first-order valence-electron chi connectivity index (χ1n) is 4.08. The van der Waals surface area contributed by atoms with Gasteiger partial charge in [0.2, 0.25) is 11.5 Å². The molecule has 1 aliphatic heterocycles. The minimum atomic E-state index is -1.45. The van der Waals surface area contributed by atoms with Gasteiger partial charge in [-0.05, 0) is 0 Å². The highest BCUT2D eigenvalue weighted by Gasteiger charge is 2.41. The number of carbonyl (C=O) groups excluding carboxylic acids is 2. The molecule has 0 aromatic rings. The second kappa shape index (κ2) is 4.28. The summed E-state index contributed by atoms with van der Waals surface area (Å²) in [6.07, 6.45) is -2.81. The van der Waals surface area contributed by atoms with Crippen LogP contribution < -0.4 is 0 Å². The molecule has 1 aliphatic rings. The summed E-state index contributed by atoms with van der Waals surface area (Å²) < 4.78 is 8.99. The average molecular weight is 218 g/mol. The Labute approximate surface area is 84.5 Å². The quantitative estimate of drug-likeness (QED) is 0.499. The van der Waals surface area contributed by atoms with E-state index in [1.165, 1.54) is 0 Å². The molecule has 84 valence electrons. The van der Waals surface area contributed by atoms with Gasteiger partial charge in [0.25, 0.3) is 0 Å². The second-order valence-corrected chi connectivity index (χ2v) is 2.88. The van der Waals surface area contributed by atoms with E-state index >= 15 is 0 Å². The Kier molecular flexibility index (Phi) is 3.28. The van der Waals surface area contributed by atoms with Crippen molar-refractivity contribution in [3.63, 3.8) is 0 Å². The maximum atomic E-state index is 10.9. The van der Waals surface area contributed by atoms with Crippen LogP contribution in [0, 0.1) is 0 Å². The number of aliphatic hydroxyl groups excluding tert-OH is 3. The Bertz CT molecular complexity index is 319. The van der Waals surface area contributed by atoms with Crippen LogP contribution in [0.15, 0.2) is 11.5 Å². The van der Waals surface area contributed by atoms with Crippen molar-refractivity contribution in [2.75, 3.05) is 6.61 Å². The van der Waals surface area contributed by atoms with Gasteiger partial charge in [0.15, 0.2) is 6.10 Å². The highest BCUT2D eigenvalue weighted by molar-refractivity contribution is 5.89. The molecule has 0 aromatic carbocycles. The molecule has 0 radical (unpaired) electrons. The minimum Gasteiger partial charge on any atom is -0.499 e. The van der Waals surface area contributed by atoms with Gasteiger partial charge in [-0.15, -0.1) is 0 Å². The fourth-order valence-corrected chi connectivity index (χ4v) is 1.07. The zero-order valence-corrected chi connectivity index (χ0v) is 7.84. The number of aliphatic hydroxyl groups is 3.